The number of benzene rings is 1. The Hall–Kier alpha value is -2.57. The first-order valence-corrected chi connectivity index (χ1v) is 7.87. The van der Waals surface area contributed by atoms with Crippen molar-refractivity contribution in [2.45, 2.75) is 32.4 Å². The summed E-state index contributed by atoms with van der Waals surface area (Å²) in [5, 5.41) is 2.58. The Labute approximate surface area is 141 Å². The Morgan fingerprint density at radius 2 is 1.96 bits per heavy atom. The van der Waals surface area contributed by atoms with Crippen LogP contribution in [0.25, 0.3) is 0 Å². The van der Waals surface area contributed by atoms with Crippen LogP contribution in [-0.2, 0) is 14.4 Å². The molecule has 0 saturated carbocycles. The standard InChI is InChI=1S/C17H23N3O4/c1-10(2)8-13-17(23)19-9-14(21)20(13)15(16(18)22)11-4-6-12(24-3)7-5-11/h4-7,10,13,15H,8-9H2,1-3H3,(H2,18,22)(H,19,23). The van der Waals surface area contributed by atoms with Crippen molar-refractivity contribution in [1.82, 2.24) is 10.2 Å². The lowest BCUT2D eigenvalue weighted by molar-refractivity contribution is -0.152. The van der Waals surface area contributed by atoms with E-state index in [4.69, 9.17) is 10.5 Å². The molecular weight excluding hydrogens is 310 g/mol. The zero-order chi connectivity index (χ0) is 17.9. The number of methoxy groups -OCH3 is 1. The molecule has 3 N–H and O–H groups in total. The van der Waals surface area contributed by atoms with Gasteiger partial charge in [0.05, 0.1) is 13.7 Å². The number of hydrogen-bond acceptors (Lipinski definition) is 4. The lowest BCUT2D eigenvalue weighted by atomic mass is 9.95. The minimum Gasteiger partial charge on any atom is -0.497 e. The van der Waals surface area contributed by atoms with Gasteiger partial charge in [0.2, 0.25) is 17.7 Å². The summed E-state index contributed by atoms with van der Waals surface area (Å²) < 4.78 is 5.11. The fourth-order valence-electron chi connectivity index (χ4n) is 2.91. The van der Waals surface area contributed by atoms with Gasteiger partial charge in [0, 0.05) is 0 Å². The van der Waals surface area contributed by atoms with Gasteiger partial charge in [-0.05, 0) is 30.0 Å². The van der Waals surface area contributed by atoms with Crippen molar-refractivity contribution in [3.63, 3.8) is 0 Å². The van der Waals surface area contributed by atoms with E-state index in [1.165, 1.54) is 12.0 Å². The molecule has 2 rings (SSSR count). The molecule has 130 valence electrons. The predicted octanol–water partition coefficient (Wildman–Crippen LogP) is 0.595. The van der Waals surface area contributed by atoms with Crippen LogP contribution in [0.3, 0.4) is 0 Å². The van der Waals surface area contributed by atoms with Crippen molar-refractivity contribution in [3.05, 3.63) is 29.8 Å². The normalized spacial score (nSPS) is 19.2. The Balaban J connectivity index is 2.43. The van der Waals surface area contributed by atoms with E-state index in [-0.39, 0.29) is 24.3 Å². The molecule has 1 aromatic carbocycles. The molecule has 24 heavy (non-hydrogen) atoms. The first kappa shape index (κ1) is 17.8. The van der Waals surface area contributed by atoms with E-state index in [9.17, 15) is 14.4 Å². The zero-order valence-corrected chi connectivity index (χ0v) is 14.1. The number of carbonyl (C=O) groups excluding carboxylic acids is 3. The van der Waals surface area contributed by atoms with Gasteiger partial charge in [0.25, 0.3) is 0 Å². The molecule has 1 fully saturated rings. The molecule has 1 aliphatic rings. The smallest absolute Gasteiger partial charge is 0.244 e. The van der Waals surface area contributed by atoms with Crippen molar-refractivity contribution in [1.29, 1.82) is 0 Å². The molecule has 0 radical (unpaired) electrons. The zero-order valence-electron chi connectivity index (χ0n) is 14.1. The van der Waals surface area contributed by atoms with E-state index in [0.717, 1.165) is 0 Å². The monoisotopic (exact) mass is 333 g/mol. The molecule has 2 unspecified atom stereocenters. The molecule has 2 atom stereocenters. The number of piperazine rings is 1. The van der Waals surface area contributed by atoms with Crippen LogP contribution < -0.4 is 15.8 Å². The molecule has 3 amide bonds. The van der Waals surface area contributed by atoms with Gasteiger partial charge in [0.1, 0.15) is 17.8 Å². The Morgan fingerprint density at radius 1 is 1.33 bits per heavy atom. The summed E-state index contributed by atoms with van der Waals surface area (Å²) in [6.45, 7) is 3.78. The van der Waals surface area contributed by atoms with Crippen LogP contribution in [-0.4, -0.2) is 42.3 Å². The fraction of sp³-hybridized carbons (Fsp3) is 0.471. The maximum absolute atomic E-state index is 12.5. The lowest BCUT2D eigenvalue weighted by Crippen LogP contribution is -2.61. The third-order valence-electron chi connectivity index (χ3n) is 4.01. The number of primary amides is 1. The van der Waals surface area contributed by atoms with E-state index < -0.39 is 18.0 Å². The van der Waals surface area contributed by atoms with Gasteiger partial charge in [-0.2, -0.15) is 0 Å². The second-order valence-corrected chi connectivity index (χ2v) is 6.24. The minimum atomic E-state index is -0.988. The number of nitrogens with zero attached hydrogens (tertiary/aromatic N) is 1. The van der Waals surface area contributed by atoms with Crippen molar-refractivity contribution >= 4 is 17.7 Å². The average Bonchev–Trinajstić information content (AvgIpc) is 2.54. The number of hydrogen-bond donors (Lipinski definition) is 2. The maximum Gasteiger partial charge on any atom is 0.244 e. The topological polar surface area (TPSA) is 102 Å². The lowest BCUT2D eigenvalue weighted by Gasteiger charge is -2.40. The Bertz CT molecular complexity index is 627. The van der Waals surface area contributed by atoms with E-state index >= 15 is 0 Å². The number of nitrogens with one attached hydrogen (secondary N) is 1. The molecule has 1 aliphatic heterocycles. The Kier molecular flexibility index (Phi) is 5.43. The SMILES string of the molecule is COc1ccc(C(C(N)=O)N2C(=O)CNC(=O)C2CC(C)C)cc1. The van der Waals surface area contributed by atoms with Crippen LogP contribution in [0.4, 0.5) is 0 Å². The summed E-state index contributed by atoms with van der Waals surface area (Å²) in [6, 6.07) is 5.04. The summed E-state index contributed by atoms with van der Waals surface area (Å²) in [6.07, 6.45) is 0.456. The molecule has 1 saturated heterocycles. The van der Waals surface area contributed by atoms with Gasteiger partial charge >= 0.3 is 0 Å². The summed E-state index contributed by atoms with van der Waals surface area (Å²) in [7, 11) is 1.54. The van der Waals surface area contributed by atoms with E-state index in [1.807, 2.05) is 13.8 Å². The van der Waals surface area contributed by atoms with Crippen molar-refractivity contribution in [2.24, 2.45) is 11.7 Å². The van der Waals surface area contributed by atoms with Crippen LogP contribution in [0.5, 0.6) is 5.75 Å². The highest BCUT2D eigenvalue weighted by Crippen LogP contribution is 2.28. The van der Waals surface area contributed by atoms with E-state index in [0.29, 0.717) is 17.7 Å². The van der Waals surface area contributed by atoms with Crippen LogP contribution in [0.1, 0.15) is 31.9 Å². The molecule has 0 bridgehead atoms. The van der Waals surface area contributed by atoms with Crippen LogP contribution in [0, 0.1) is 5.92 Å². The molecule has 7 nitrogen and oxygen atoms in total. The molecule has 0 spiro atoms. The predicted molar refractivity (Wildman–Crippen MR) is 88.0 cm³/mol. The highest BCUT2D eigenvalue weighted by Gasteiger charge is 2.41. The molecule has 1 aromatic rings. The van der Waals surface area contributed by atoms with Gasteiger partial charge in [0.15, 0.2) is 0 Å². The third-order valence-corrected chi connectivity index (χ3v) is 4.01. The van der Waals surface area contributed by atoms with E-state index in [2.05, 4.69) is 5.32 Å². The summed E-state index contributed by atoms with van der Waals surface area (Å²) in [5.41, 5.74) is 6.13. The van der Waals surface area contributed by atoms with Gasteiger partial charge in [-0.15, -0.1) is 0 Å². The minimum absolute atomic E-state index is 0.132. The van der Waals surface area contributed by atoms with Gasteiger partial charge in [-0.25, -0.2) is 0 Å². The molecule has 1 heterocycles. The maximum atomic E-state index is 12.5. The van der Waals surface area contributed by atoms with Crippen molar-refractivity contribution in [2.75, 3.05) is 13.7 Å². The number of nitrogens with two attached hydrogens (primary N) is 1. The average molecular weight is 333 g/mol. The number of amides is 3. The second-order valence-electron chi connectivity index (χ2n) is 6.24. The highest BCUT2D eigenvalue weighted by molar-refractivity contribution is 5.98. The first-order valence-electron chi connectivity index (χ1n) is 7.87. The summed E-state index contributed by atoms with van der Waals surface area (Å²) in [4.78, 5) is 38.1. The molecule has 0 aliphatic carbocycles. The summed E-state index contributed by atoms with van der Waals surface area (Å²) >= 11 is 0. The first-order chi connectivity index (χ1) is 11.3. The molecule has 0 aromatic heterocycles. The highest BCUT2D eigenvalue weighted by atomic mass is 16.5. The van der Waals surface area contributed by atoms with Gasteiger partial charge in [-0.3, -0.25) is 14.4 Å². The Morgan fingerprint density at radius 3 is 2.46 bits per heavy atom. The number of carbonyl (C=O) groups is 3. The molecule has 7 heteroatoms. The van der Waals surface area contributed by atoms with Gasteiger partial charge < -0.3 is 20.7 Å². The van der Waals surface area contributed by atoms with Crippen molar-refractivity contribution < 1.29 is 19.1 Å². The van der Waals surface area contributed by atoms with Crippen LogP contribution >= 0.6 is 0 Å². The number of rotatable bonds is 6. The molecular formula is C17H23N3O4. The van der Waals surface area contributed by atoms with E-state index in [1.54, 1.807) is 24.3 Å². The quantitative estimate of drug-likeness (QED) is 0.795. The second kappa shape index (κ2) is 7.33. The number of ether oxygens (including phenoxy) is 1. The van der Waals surface area contributed by atoms with Crippen LogP contribution in [0.2, 0.25) is 0 Å². The van der Waals surface area contributed by atoms with Crippen molar-refractivity contribution in [3.8, 4) is 5.75 Å². The van der Waals surface area contributed by atoms with Gasteiger partial charge in [-0.1, -0.05) is 26.0 Å². The largest absolute Gasteiger partial charge is 0.497 e. The summed E-state index contributed by atoms with van der Waals surface area (Å²) in [5.74, 6) is -0.443. The third kappa shape index (κ3) is 3.67. The fourth-order valence-corrected chi connectivity index (χ4v) is 2.91. The van der Waals surface area contributed by atoms with Crippen LogP contribution in [0.15, 0.2) is 24.3 Å².